The van der Waals surface area contributed by atoms with E-state index in [2.05, 4.69) is 27.7 Å². The molecular formula is C11H23NO2S. The lowest BCUT2D eigenvalue weighted by atomic mass is 10.1. The summed E-state index contributed by atoms with van der Waals surface area (Å²) in [6, 6.07) is 0. The van der Waals surface area contributed by atoms with Gasteiger partial charge < -0.3 is 4.90 Å². The highest BCUT2D eigenvalue weighted by atomic mass is 32.2. The summed E-state index contributed by atoms with van der Waals surface area (Å²) in [6.45, 7) is 11.4. The van der Waals surface area contributed by atoms with E-state index in [1.165, 1.54) is 0 Å². The van der Waals surface area contributed by atoms with Crippen LogP contribution < -0.4 is 0 Å². The lowest BCUT2D eigenvalue weighted by Crippen LogP contribution is -2.38. The van der Waals surface area contributed by atoms with Crippen LogP contribution >= 0.6 is 0 Å². The minimum Gasteiger partial charge on any atom is -0.331 e. The molecule has 4 heteroatoms. The maximum atomic E-state index is 11.8. The monoisotopic (exact) mass is 233 g/mol. The van der Waals surface area contributed by atoms with Crippen LogP contribution in [0, 0.1) is 11.8 Å². The molecule has 1 atom stereocenters. The predicted molar refractivity (Wildman–Crippen MR) is 65.3 cm³/mol. The van der Waals surface area contributed by atoms with Crippen molar-refractivity contribution in [3.05, 3.63) is 0 Å². The number of hydrogen-bond donors (Lipinski definition) is 0. The van der Waals surface area contributed by atoms with Crippen LogP contribution in [0.2, 0.25) is 0 Å². The van der Waals surface area contributed by atoms with Gasteiger partial charge in [0.05, 0.1) is 0 Å². The maximum Gasteiger partial charge on any atom is 0.311 e. The summed E-state index contributed by atoms with van der Waals surface area (Å²) >= 11 is 0. The minimum absolute atomic E-state index is 0.208. The van der Waals surface area contributed by atoms with E-state index in [0.717, 1.165) is 0 Å². The van der Waals surface area contributed by atoms with Crippen molar-refractivity contribution in [1.82, 2.24) is 4.90 Å². The Kier molecular flexibility index (Phi) is 6.81. The van der Waals surface area contributed by atoms with Crippen molar-refractivity contribution < 1.29 is 9.00 Å². The zero-order chi connectivity index (χ0) is 12.0. The Bertz CT molecular complexity index is 217. The molecule has 0 saturated carbocycles. The molecule has 0 spiro atoms. The van der Waals surface area contributed by atoms with Gasteiger partial charge in [-0.3, -0.25) is 4.79 Å². The molecule has 90 valence electrons. The fourth-order valence-corrected chi connectivity index (χ4v) is 2.06. The second kappa shape index (κ2) is 6.99. The standard InChI is InChI=1S/C11H23NO2S/c1-6-15(14)11(13)12(7-9(2)3)8-10(4)5/h9-10H,6-8H2,1-5H3. The Balaban J connectivity index is 4.47. The quantitative estimate of drug-likeness (QED) is 0.731. The largest absolute Gasteiger partial charge is 0.331 e. The van der Waals surface area contributed by atoms with Gasteiger partial charge >= 0.3 is 5.24 Å². The average molecular weight is 233 g/mol. The van der Waals surface area contributed by atoms with E-state index < -0.39 is 10.8 Å². The SMILES string of the molecule is CCS(=O)C(=O)N(CC(C)C)CC(C)C. The molecule has 0 aromatic carbocycles. The molecule has 1 amide bonds. The number of carbonyl (C=O) groups is 1. The lowest BCUT2D eigenvalue weighted by Gasteiger charge is -2.25. The van der Waals surface area contributed by atoms with Gasteiger partial charge in [-0.1, -0.05) is 34.6 Å². The normalized spacial score (nSPS) is 13.3. The average Bonchev–Trinajstić information content (AvgIpc) is 2.13. The summed E-state index contributed by atoms with van der Waals surface area (Å²) in [6.07, 6.45) is 0. The Labute approximate surface area is 95.7 Å². The van der Waals surface area contributed by atoms with Crippen molar-refractivity contribution >= 4 is 16.0 Å². The van der Waals surface area contributed by atoms with Crippen molar-refractivity contribution in [2.75, 3.05) is 18.8 Å². The summed E-state index contributed by atoms with van der Waals surface area (Å²) in [5, 5.41) is -0.208. The van der Waals surface area contributed by atoms with Crippen LogP contribution in [0.5, 0.6) is 0 Å². The molecule has 0 aromatic rings. The van der Waals surface area contributed by atoms with E-state index in [9.17, 15) is 9.00 Å². The molecule has 0 radical (unpaired) electrons. The van der Waals surface area contributed by atoms with Gasteiger partial charge in [0.2, 0.25) is 0 Å². The van der Waals surface area contributed by atoms with E-state index in [4.69, 9.17) is 0 Å². The van der Waals surface area contributed by atoms with E-state index in [-0.39, 0.29) is 5.24 Å². The fourth-order valence-electron chi connectivity index (χ4n) is 1.37. The Morgan fingerprint density at radius 1 is 1.13 bits per heavy atom. The summed E-state index contributed by atoms with van der Waals surface area (Å²) in [7, 11) is -1.35. The highest BCUT2D eigenvalue weighted by molar-refractivity contribution is 8.00. The van der Waals surface area contributed by atoms with Gasteiger partial charge in [0.1, 0.15) is 10.8 Å². The third-order valence-corrected chi connectivity index (χ3v) is 3.06. The van der Waals surface area contributed by atoms with E-state index in [1.807, 2.05) is 0 Å². The van der Waals surface area contributed by atoms with Crippen molar-refractivity contribution in [1.29, 1.82) is 0 Å². The molecule has 0 aliphatic rings. The number of amides is 1. The van der Waals surface area contributed by atoms with E-state index in [1.54, 1.807) is 11.8 Å². The zero-order valence-corrected chi connectivity index (χ0v) is 11.3. The van der Waals surface area contributed by atoms with Gasteiger partial charge in [-0.05, 0) is 11.8 Å². The van der Waals surface area contributed by atoms with Crippen LogP contribution in [-0.2, 0) is 10.8 Å². The highest BCUT2D eigenvalue weighted by Crippen LogP contribution is 2.07. The minimum atomic E-state index is -1.35. The first-order chi connectivity index (χ1) is 6.88. The van der Waals surface area contributed by atoms with Crippen LogP contribution in [-0.4, -0.2) is 33.2 Å². The first-order valence-corrected chi connectivity index (χ1v) is 6.87. The van der Waals surface area contributed by atoms with Gasteiger partial charge in [-0.15, -0.1) is 0 Å². The Hall–Kier alpha value is -0.380. The van der Waals surface area contributed by atoms with Crippen LogP contribution in [0.15, 0.2) is 0 Å². The molecule has 0 rings (SSSR count). The first-order valence-electron chi connectivity index (χ1n) is 5.55. The lowest BCUT2D eigenvalue weighted by molar-refractivity contribution is 0.206. The molecule has 0 saturated heterocycles. The van der Waals surface area contributed by atoms with Crippen molar-refractivity contribution in [2.45, 2.75) is 34.6 Å². The molecule has 0 fully saturated rings. The van der Waals surface area contributed by atoms with Crippen molar-refractivity contribution in [2.24, 2.45) is 11.8 Å². The molecular weight excluding hydrogens is 210 g/mol. The molecule has 0 aliphatic carbocycles. The van der Waals surface area contributed by atoms with Gasteiger partial charge in [0.15, 0.2) is 0 Å². The predicted octanol–water partition coefficient (Wildman–Crippen LogP) is 2.49. The molecule has 15 heavy (non-hydrogen) atoms. The van der Waals surface area contributed by atoms with Gasteiger partial charge in [-0.25, -0.2) is 4.21 Å². The molecule has 3 nitrogen and oxygen atoms in total. The Morgan fingerprint density at radius 2 is 1.53 bits per heavy atom. The second-order valence-electron chi connectivity index (χ2n) is 4.59. The maximum absolute atomic E-state index is 11.8. The van der Waals surface area contributed by atoms with Gasteiger partial charge in [0, 0.05) is 18.8 Å². The van der Waals surface area contributed by atoms with E-state index in [0.29, 0.717) is 30.7 Å². The third kappa shape index (κ3) is 5.92. The van der Waals surface area contributed by atoms with Crippen LogP contribution in [0.4, 0.5) is 4.79 Å². The third-order valence-electron chi connectivity index (χ3n) is 1.89. The summed E-state index contributed by atoms with van der Waals surface area (Å²) < 4.78 is 11.4. The molecule has 0 heterocycles. The molecule has 1 unspecified atom stereocenters. The van der Waals surface area contributed by atoms with Crippen molar-refractivity contribution in [3.63, 3.8) is 0 Å². The van der Waals surface area contributed by atoms with Gasteiger partial charge in [0.25, 0.3) is 0 Å². The summed E-state index contributed by atoms with van der Waals surface area (Å²) in [5.41, 5.74) is 0. The molecule has 0 aromatic heterocycles. The zero-order valence-electron chi connectivity index (χ0n) is 10.4. The first kappa shape index (κ1) is 14.6. The molecule has 0 bridgehead atoms. The Morgan fingerprint density at radius 3 is 1.80 bits per heavy atom. The van der Waals surface area contributed by atoms with Crippen molar-refractivity contribution in [3.8, 4) is 0 Å². The highest BCUT2D eigenvalue weighted by Gasteiger charge is 2.20. The van der Waals surface area contributed by atoms with Crippen LogP contribution in [0.3, 0.4) is 0 Å². The van der Waals surface area contributed by atoms with Gasteiger partial charge in [-0.2, -0.15) is 0 Å². The molecule has 0 N–H and O–H groups in total. The number of carbonyl (C=O) groups excluding carboxylic acids is 1. The summed E-state index contributed by atoms with van der Waals surface area (Å²) in [4.78, 5) is 13.5. The second-order valence-corrected chi connectivity index (χ2v) is 6.21. The summed E-state index contributed by atoms with van der Waals surface area (Å²) in [5.74, 6) is 1.24. The molecule has 0 aliphatic heterocycles. The number of nitrogens with zero attached hydrogens (tertiary/aromatic N) is 1. The van der Waals surface area contributed by atoms with Crippen LogP contribution in [0.25, 0.3) is 0 Å². The number of hydrogen-bond acceptors (Lipinski definition) is 2. The topological polar surface area (TPSA) is 37.4 Å². The fraction of sp³-hybridized carbons (Fsp3) is 0.909. The smallest absolute Gasteiger partial charge is 0.311 e. The van der Waals surface area contributed by atoms with Crippen LogP contribution in [0.1, 0.15) is 34.6 Å². The van der Waals surface area contributed by atoms with E-state index >= 15 is 0 Å². The number of rotatable bonds is 5.